The van der Waals surface area contributed by atoms with Crippen LogP contribution in [0, 0.1) is 0 Å². The van der Waals surface area contributed by atoms with Gasteiger partial charge in [-0.25, -0.2) is 0 Å². The van der Waals surface area contributed by atoms with Crippen LogP contribution >= 0.6 is 0 Å². The minimum Gasteiger partial charge on any atom is -1.00 e. The second-order valence-corrected chi connectivity index (χ2v) is 4.33. The van der Waals surface area contributed by atoms with Crippen LogP contribution in [-0.2, 0) is 4.74 Å². The summed E-state index contributed by atoms with van der Waals surface area (Å²) < 4.78 is 5.62. The number of ether oxygens (including phenoxy) is 1. The van der Waals surface area contributed by atoms with Crippen molar-refractivity contribution >= 4 is 23.1 Å². The van der Waals surface area contributed by atoms with Crippen LogP contribution in [0.3, 0.4) is 0 Å². The Morgan fingerprint density at radius 3 is 1.00 bits per heavy atom. The summed E-state index contributed by atoms with van der Waals surface area (Å²) in [6, 6.07) is 0. The van der Waals surface area contributed by atoms with Gasteiger partial charge in [-0.15, -0.1) is 0 Å². The van der Waals surface area contributed by atoms with E-state index in [-0.39, 0.29) is 37.1 Å². The molecule has 0 saturated carbocycles. The first kappa shape index (κ1) is 13.3. The zero-order chi connectivity index (χ0) is 7.71. The number of hydrogen-bond acceptors (Lipinski definition) is 1. The molecule has 0 bridgehead atoms. The van der Waals surface area contributed by atoms with E-state index in [0.717, 1.165) is 0 Å². The normalized spacial score (nSPS) is 12.6. The van der Waals surface area contributed by atoms with Crippen molar-refractivity contribution in [2.24, 2.45) is 0 Å². The largest absolute Gasteiger partial charge is 2.00 e. The first-order chi connectivity index (χ1) is 3.71. The predicted octanol–water partition coefficient (Wildman–Crippen LogP) is 2.44. The summed E-state index contributed by atoms with van der Waals surface area (Å²) in [5, 5.41) is 0. The van der Waals surface area contributed by atoms with Crippen LogP contribution in [0.25, 0.3) is 0 Å². The Hall–Kier alpha value is 0.726. The van der Waals surface area contributed by atoms with Gasteiger partial charge in [0.25, 0.3) is 0 Å². The fourth-order valence-electron chi connectivity index (χ4n) is 0.919. The summed E-state index contributed by atoms with van der Waals surface area (Å²) in [5.74, 6) is 0. The molecular formula is C8H20MgO. The number of rotatable bonds is 0. The molecule has 0 aliphatic rings. The third-order valence-corrected chi connectivity index (χ3v) is 0.612. The van der Waals surface area contributed by atoms with E-state index in [2.05, 4.69) is 41.5 Å². The fourth-order valence-corrected chi connectivity index (χ4v) is 0.919. The van der Waals surface area contributed by atoms with Gasteiger partial charge in [-0.05, 0) is 41.5 Å². The number of hydrogen-bond donors (Lipinski definition) is 0. The summed E-state index contributed by atoms with van der Waals surface area (Å²) in [6.45, 7) is 12.4. The molecule has 0 aromatic rings. The molecule has 60 valence electrons. The summed E-state index contributed by atoms with van der Waals surface area (Å²) in [7, 11) is 0. The van der Waals surface area contributed by atoms with Crippen LogP contribution in [0.1, 0.15) is 44.4 Å². The van der Waals surface area contributed by atoms with Gasteiger partial charge in [-0.2, -0.15) is 0 Å². The summed E-state index contributed by atoms with van der Waals surface area (Å²) in [5.41, 5.74) is -0.0312. The van der Waals surface area contributed by atoms with Gasteiger partial charge >= 0.3 is 23.1 Å². The summed E-state index contributed by atoms with van der Waals surface area (Å²) in [6.07, 6.45) is 0. The fraction of sp³-hybridized carbons (Fsp3) is 1.00. The monoisotopic (exact) mass is 156 g/mol. The maximum absolute atomic E-state index is 5.62. The predicted molar refractivity (Wildman–Crippen MR) is 48.6 cm³/mol. The van der Waals surface area contributed by atoms with Crippen molar-refractivity contribution in [3.63, 3.8) is 0 Å². The van der Waals surface area contributed by atoms with Gasteiger partial charge in [0.05, 0.1) is 11.2 Å². The molecule has 0 unspecified atom stereocenters. The first-order valence-corrected chi connectivity index (χ1v) is 3.41. The Labute approximate surface area is 83.6 Å². The van der Waals surface area contributed by atoms with Crippen molar-refractivity contribution in [2.75, 3.05) is 0 Å². The van der Waals surface area contributed by atoms with Gasteiger partial charge in [-0.3, -0.25) is 0 Å². The molecule has 1 nitrogen and oxygen atoms in total. The molecule has 0 saturated heterocycles. The Balaban J connectivity index is -0.000000107. The third kappa shape index (κ3) is 11.5. The molecule has 0 radical (unpaired) electrons. The van der Waals surface area contributed by atoms with Crippen LogP contribution in [0.4, 0.5) is 0 Å². The zero-order valence-corrected chi connectivity index (χ0v) is 9.53. The van der Waals surface area contributed by atoms with Crippen molar-refractivity contribution in [3.8, 4) is 0 Å². The Bertz CT molecular complexity index is 82.2. The molecule has 0 spiro atoms. The van der Waals surface area contributed by atoms with E-state index < -0.39 is 0 Å². The third-order valence-electron chi connectivity index (χ3n) is 0.612. The molecule has 0 aromatic heterocycles. The van der Waals surface area contributed by atoms with Crippen molar-refractivity contribution in [3.05, 3.63) is 0 Å². The Morgan fingerprint density at radius 1 is 0.800 bits per heavy atom. The minimum atomic E-state index is -0.0156. The van der Waals surface area contributed by atoms with Gasteiger partial charge in [0, 0.05) is 0 Å². The minimum absolute atomic E-state index is 0. The molecule has 0 aliphatic carbocycles. The van der Waals surface area contributed by atoms with Crippen molar-refractivity contribution < 1.29 is 7.59 Å². The summed E-state index contributed by atoms with van der Waals surface area (Å²) >= 11 is 0. The zero-order valence-electron chi connectivity index (χ0n) is 10.1. The molecule has 0 atom stereocenters. The van der Waals surface area contributed by atoms with Crippen LogP contribution in [0.2, 0.25) is 0 Å². The van der Waals surface area contributed by atoms with Gasteiger partial charge in [-0.1, -0.05) is 0 Å². The Kier molecular flexibility index (Phi) is 5.24. The van der Waals surface area contributed by atoms with Crippen molar-refractivity contribution in [1.82, 2.24) is 0 Å². The molecule has 0 amide bonds. The second kappa shape index (κ2) is 3.93. The van der Waals surface area contributed by atoms with Gasteiger partial charge in [0.2, 0.25) is 0 Å². The molecule has 0 rings (SSSR count). The van der Waals surface area contributed by atoms with Gasteiger partial charge < -0.3 is 7.59 Å². The van der Waals surface area contributed by atoms with E-state index in [9.17, 15) is 0 Å². The van der Waals surface area contributed by atoms with Gasteiger partial charge in [0.15, 0.2) is 0 Å². The van der Waals surface area contributed by atoms with E-state index >= 15 is 0 Å². The molecule has 0 fully saturated rings. The molecule has 0 heterocycles. The molecule has 0 N–H and O–H groups in total. The smallest absolute Gasteiger partial charge is 1.00 e. The molecular weight excluding hydrogens is 136 g/mol. The van der Waals surface area contributed by atoms with Crippen LogP contribution in [-0.4, -0.2) is 34.3 Å². The first-order valence-electron chi connectivity index (χ1n) is 3.41. The quantitative estimate of drug-likeness (QED) is 0.490. The second-order valence-electron chi connectivity index (χ2n) is 4.33. The average molecular weight is 157 g/mol. The van der Waals surface area contributed by atoms with E-state index in [1.165, 1.54) is 0 Å². The average Bonchev–Trinajstić information content (AvgIpc) is 1.14. The van der Waals surface area contributed by atoms with Crippen LogP contribution < -0.4 is 0 Å². The topological polar surface area (TPSA) is 9.23 Å². The van der Waals surface area contributed by atoms with E-state index in [1.54, 1.807) is 0 Å². The van der Waals surface area contributed by atoms with Crippen molar-refractivity contribution in [1.29, 1.82) is 0 Å². The molecule has 2 heteroatoms. The van der Waals surface area contributed by atoms with Crippen LogP contribution in [0.5, 0.6) is 0 Å². The van der Waals surface area contributed by atoms with Crippen molar-refractivity contribution in [2.45, 2.75) is 52.7 Å². The SMILES string of the molecule is CC(C)(C)OC(C)(C)C.[H-].[H-].[Mg+2]. The summed E-state index contributed by atoms with van der Waals surface area (Å²) in [4.78, 5) is 0. The maximum Gasteiger partial charge on any atom is 2.00 e. The maximum atomic E-state index is 5.62. The molecule has 0 aliphatic heterocycles. The van der Waals surface area contributed by atoms with Gasteiger partial charge in [0.1, 0.15) is 0 Å². The standard InChI is InChI=1S/C8H18O.Mg.2H/c1-7(2,3)9-8(4,5)6;;;/h1-6H3;;;/q;+2;2*-1. The Morgan fingerprint density at radius 2 is 1.00 bits per heavy atom. The van der Waals surface area contributed by atoms with E-state index in [4.69, 9.17) is 4.74 Å². The van der Waals surface area contributed by atoms with E-state index in [1.807, 2.05) is 0 Å². The van der Waals surface area contributed by atoms with Crippen LogP contribution in [0.15, 0.2) is 0 Å². The molecule has 10 heavy (non-hydrogen) atoms. The molecule has 0 aromatic carbocycles. The van der Waals surface area contributed by atoms with E-state index in [0.29, 0.717) is 0 Å².